The van der Waals surface area contributed by atoms with Crippen molar-refractivity contribution in [1.82, 2.24) is 0 Å². The molecule has 0 aliphatic carbocycles. The van der Waals surface area contributed by atoms with Gasteiger partial charge in [-0.1, -0.05) is 48.2 Å². The second-order valence-corrected chi connectivity index (χ2v) is 7.47. The summed E-state index contributed by atoms with van der Waals surface area (Å²) in [5.74, 6) is 0. The van der Waals surface area contributed by atoms with Crippen molar-refractivity contribution in [2.24, 2.45) is 0 Å². The Hall–Kier alpha value is -3.11. The molecule has 0 unspecified atom stereocenters. The summed E-state index contributed by atoms with van der Waals surface area (Å²) in [6.07, 6.45) is 0. The number of nitrogens with zero attached hydrogens (tertiary/aromatic N) is 1. The highest BCUT2D eigenvalue weighted by molar-refractivity contribution is 7.99. The minimum atomic E-state index is 0.758. The number of hydrogen-bond acceptors (Lipinski definition) is 4. The second-order valence-electron chi connectivity index (χ2n) is 6.39. The van der Waals surface area contributed by atoms with Gasteiger partial charge in [-0.25, -0.2) is 0 Å². The summed E-state index contributed by atoms with van der Waals surface area (Å²) in [5.41, 5.74) is 17.1. The van der Waals surface area contributed by atoms with E-state index in [0.717, 1.165) is 33.3 Å². The minimum absolute atomic E-state index is 0.758. The topological polar surface area (TPSA) is 55.3 Å². The lowest BCUT2D eigenvalue weighted by Crippen LogP contribution is -2.15. The Morgan fingerprint density at radius 1 is 0.615 bits per heavy atom. The molecule has 5 rings (SSSR count). The SMILES string of the molecule is Nc1ccc2c(c1)Sc1ccc(N)cc1N2c1cccc2ccccc12. The Kier molecular flexibility index (Phi) is 3.33. The Balaban J connectivity index is 1.84. The van der Waals surface area contributed by atoms with E-state index in [-0.39, 0.29) is 0 Å². The molecule has 126 valence electrons. The Morgan fingerprint density at radius 3 is 2.31 bits per heavy atom. The van der Waals surface area contributed by atoms with Gasteiger partial charge in [-0.3, -0.25) is 0 Å². The molecule has 4 heteroatoms. The van der Waals surface area contributed by atoms with Crippen LogP contribution in [0.3, 0.4) is 0 Å². The summed E-state index contributed by atoms with van der Waals surface area (Å²) < 4.78 is 0. The average molecular weight is 355 g/mol. The first-order valence-electron chi connectivity index (χ1n) is 8.45. The van der Waals surface area contributed by atoms with Crippen LogP contribution in [0.25, 0.3) is 10.8 Å². The van der Waals surface area contributed by atoms with Crippen LogP contribution in [0.5, 0.6) is 0 Å². The monoisotopic (exact) mass is 355 g/mol. The van der Waals surface area contributed by atoms with Crippen molar-refractivity contribution in [3.8, 4) is 0 Å². The molecule has 3 nitrogen and oxygen atoms in total. The Bertz CT molecular complexity index is 1150. The number of fused-ring (bicyclic) bond motifs is 3. The third kappa shape index (κ3) is 2.30. The first-order valence-corrected chi connectivity index (χ1v) is 9.27. The van der Waals surface area contributed by atoms with Gasteiger partial charge in [0, 0.05) is 26.6 Å². The van der Waals surface area contributed by atoms with Crippen LogP contribution in [0.1, 0.15) is 0 Å². The molecule has 0 aromatic heterocycles. The number of anilines is 5. The molecule has 4 N–H and O–H groups in total. The molecule has 0 spiro atoms. The first kappa shape index (κ1) is 15.2. The number of rotatable bonds is 1. The number of benzene rings is 4. The smallest absolute Gasteiger partial charge is 0.0622 e. The molecule has 4 aromatic carbocycles. The van der Waals surface area contributed by atoms with Crippen molar-refractivity contribution in [2.45, 2.75) is 9.79 Å². The van der Waals surface area contributed by atoms with E-state index < -0.39 is 0 Å². The van der Waals surface area contributed by atoms with Gasteiger partial charge in [0.1, 0.15) is 0 Å². The molecule has 0 radical (unpaired) electrons. The van der Waals surface area contributed by atoms with E-state index in [9.17, 15) is 0 Å². The Morgan fingerprint density at radius 2 is 1.38 bits per heavy atom. The van der Waals surface area contributed by atoms with Gasteiger partial charge in [0.25, 0.3) is 0 Å². The summed E-state index contributed by atoms with van der Waals surface area (Å²) in [6.45, 7) is 0. The van der Waals surface area contributed by atoms with Crippen LogP contribution in [0.2, 0.25) is 0 Å². The Labute approximate surface area is 156 Å². The number of nitrogen functional groups attached to an aromatic ring is 2. The molecule has 1 aliphatic heterocycles. The summed E-state index contributed by atoms with van der Waals surface area (Å²) >= 11 is 1.73. The highest BCUT2D eigenvalue weighted by atomic mass is 32.2. The summed E-state index contributed by atoms with van der Waals surface area (Å²) in [7, 11) is 0. The van der Waals surface area contributed by atoms with E-state index in [4.69, 9.17) is 11.5 Å². The van der Waals surface area contributed by atoms with Crippen LogP contribution in [0.4, 0.5) is 28.4 Å². The fourth-order valence-electron chi connectivity index (χ4n) is 3.50. The number of hydrogen-bond donors (Lipinski definition) is 2. The first-order chi connectivity index (χ1) is 12.7. The molecule has 0 amide bonds. The van der Waals surface area contributed by atoms with Crippen LogP contribution >= 0.6 is 11.8 Å². The predicted molar refractivity (Wildman–Crippen MR) is 112 cm³/mol. The van der Waals surface area contributed by atoms with E-state index >= 15 is 0 Å². The molecule has 4 aromatic rings. The van der Waals surface area contributed by atoms with Crippen LogP contribution in [-0.4, -0.2) is 0 Å². The maximum Gasteiger partial charge on any atom is 0.0622 e. The normalized spacial score (nSPS) is 12.7. The van der Waals surface area contributed by atoms with E-state index in [0.29, 0.717) is 0 Å². The molecule has 0 saturated heterocycles. The molecule has 1 heterocycles. The van der Waals surface area contributed by atoms with Gasteiger partial charge in [0.2, 0.25) is 0 Å². The third-order valence-corrected chi connectivity index (χ3v) is 5.79. The molecule has 26 heavy (non-hydrogen) atoms. The highest BCUT2D eigenvalue weighted by Crippen LogP contribution is 2.53. The zero-order valence-corrected chi connectivity index (χ0v) is 14.8. The molecular weight excluding hydrogens is 338 g/mol. The largest absolute Gasteiger partial charge is 0.399 e. The molecule has 0 bridgehead atoms. The predicted octanol–water partition coefficient (Wildman–Crippen LogP) is 5.94. The maximum absolute atomic E-state index is 6.12. The molecule has 0 saturated carbocycles. The van der Waals surface area contributed by atoms with Gasteiger partial charge in [0.15, 0.2) is 0 Å². The van der Waals surface area contributed by atoms with Crippen LogP contribution in [0.15, 0.2) is 88.7 Å². The summed E-state index contributed by atoms with van der Waals surface area (Å²) in [4.78, 5) is 4.61. The molecule has 0 atom stereocenters. The summed E-state index contributed by atoms with van der Waals surface area (Å²) in [6, 6.07) is 27.0. The molecule has 0 fully saturated rings. The lowest BCUT2D eigenvalue weighted by molar-refractivity contribution is 1.17. The lowest BCUT2D eigenvalue weighted by atomic mass is 10.1. The van der Waals surface area contributed by atoms with Crippen molar-refractivity contribution >= 4 is 51.0 Å². The van der Waals surface area contributed by atoms with E-state index in [1.54, 1.807) is 11.8 Å². The molecular formula is C22H17N3S. The van der Waals surface area contributed by atoms with Gasteiger partial charge < -0.3 is 16.4 Å². The van der Waals surface area contributed by atoms with E-state index in [1.165, 1.54) is 15.7 Å². The summed E-state index contributed by atoms with van der Waals surface area (Å²) in [5, 5.41) is 2.42. The minimum Gasteiger partial charge on any atom is -0.399 e. The lowest BCUT2D eigenvalue weighted by Gasteiger charge is -2.34. The fraction of sp³-hybridized carbons (Fsp3) is 0. The van der Waals surface area contributed by atoms with Gasteiger partial charge in [-0.2, -0.15) is 0 Å². The van der Waals surface area contributed by atoms with Gasteiger partial charge in [-0.05, 0) is 47.9 Å². The maximum atomic E-state index is 6.12. The average Bonchev–Trinajstić information content (AvgIpc) is 2.66. The van der Waals surface area contributed by atoms with Crippen molar-refractivity contribution in [3.05, 3.63) is 78.9 Å². The second kappa shape index (κ2) is 5.71. The van der Waals surface area contributed by atoms with Gasteiger partial charge in [-0.15, -0.1) is 0 Å². The quantitative estimate of drug-likeness (QED) is 0.365. The zero-order valence-electron chi connectivity index (χ0n) is 14.0. The third-order valence-electron chi connectivity index (χ3n) is 4.68. The van der Waals surface area contributed by atoms with Gasteiger partial charge in [0.05, 0.1) is 17.1 Å². The van der Waals surface area contributed by atoms with E-state index in [1.807, 2.05) is 24.3 Å². The van der Waals surface area contributed by atoms with E-state index in [2.05, 4.69) is 59.5 Å². The van der Waals surface area contributed by atoms with Crippen molar-refractivity contribution < 1.29 is 0 Å². The standard InChI is InChI=1S/C22H17N3S/c23-15-9-11-21-20(12-15)25(19-10-8-16(24)13-22(19)26-21)18-7-3-5-14-4-1-2-6-17(14)18/h1-13H,23-24H2. The van der Waals surface area contributed by atoms with Crippen molar-refractivity contribution in [2.75, 3.05) is 16.4 Å². The van der Waals surface area contributed by atoms with Gasteiger partial charge >= 0.3 is 0 Å². The van der Waals surface area contributed by atoms with Crippen LogP contribution in [-0.2, 0) is 0 Å². The van der Waals surface area contributed by atoms with Crippen molar-refractivity contribution in [1.29, 1.82) is 0 Å². The fourth-order valence-corrected chi connectivity index (χ4v) is 4.59. The highest BCUT2D eigenvalue weighted by Gasteiger charge is 2.26. The van der Waals surface area contributed by atoms with Crippen molar-refractivity contribution in [3.63, 3.8) is 0 Å². The van der Waals surface area contributed by atoms with Crippen LogP contribution in [0, 0.1) is 0 Å². The number of nitrogens with two attached hydrogens (primary N) is 2. The van der Waals surface area contributed by atoms with Crippen LogP contribution < -0.4 is 16.4 Å². The zero-order chi connectivity index (χ0) is 17.7. The molecule has 1 aliphatic rings.